The number of para-hydroxylation sites is 1. The molecular formula is C31H38ClN3O7. The van der Waals surface area contributed by atoms with Crippen LogP contribution >= 0.6 is 11.6 Å². The summed E-state index contributed by atoms with van der Waals surface area (Å²) in [6.07, 6.45) is -0.723. The van der Waals surface area contributed by atoms with Crippen molar-refractivity contribution in [1.29, 1.82) is 0 Å². The van der Waals surface area contributed by atoms with Gasteiger partial charge < -0.3 is 34.3 Å². The van der Waals surface area contributed by atoms with E-state index in [4.69, 9.17) is 30.5 Å². The van der Waals surface area contributed by atoms with Crippen LogP contribution in [0.25, 0.3) is 0 Å². The largest absolute Gasteiger partial charge is 0.493 e. The number of esters is 2. The fourth-order valence-corrected chi connectivity index (χ4v) is 5.74. The molecule has 0 bridgehead atoms. The van der Waals surface area contributed by atoms with Gasteiger partial charge in [-0.05, 0) is 43.7 Å². The third kappa shape index (κ3) is 6.83. The van der Waals surface area contributed by atoms with Crippen LogP contribution in [0.15, 0.2) is 65.0 Å². The topological polar surface area (TPSA) is 110 Å². The summed E-state index contributed by atoms with van der Waals surface area (Å²) in [6.45, 7) is 7.24. The van der Waals surface area contributed by atoms with E-state index in [-0.39, 0.29) is 6.61 Å². The second kappa shape index (κ2) is 14.0. The molecule has 226 valence electrons. The summed E-state index contributed by atoms with van der Waals surface area (Å²) in [6, 6.07) is 13.0. The molecule has 10 nitrogen and oxygen atoms in total. The quantitative estimate of drug-likeness (QED) is 0.394. The third-order valence-electron chi connectivity index (χ3n) is 7.56. The van der Waals surface area contributed by atoms with Crippen molar-refractivity contribution in [3.8, 4) is 11.5 Å². The molecule has 2 N–H and O–H groups in total. The first-order valence-electron chi connectivity index (χ1n) is 13.7. The van der Waals surface area contributed by atoms with Crippen LogP contribution in [-0.4, -0.2) is 88.7 Å². The van der Waals surface area contributed by atoms with E-state index in [1.165, 1.54) is 21.3 Å². The number of carbonyl (C=O) groups excluding carboxylic acids is 2. The number of β-amino-alcohol motifs (C(OH)–C–C–N with tert-alkyl or cyclic N) is 1. The minimum Gasteiger partial charge on any atom is -0.493 e. The number of nitrogens with zero attached hydrogens (tertiary/aromatic N) is 2. The maximum Gasteiger partial charge on any atom is 0.336 e. The number of aliphatic hydroxyl groups is 1. The molecule has 2 aliphatic heterocycles. The van der Waals surface area contributed by atoms with Gasteiger partial charge in [-0.2, -0.15) is 0 Å². The number of halogens is 1. The SMILES string of the molecule is COC(=O)C1=C(C)NC(C)=C(C(=O)OC)C1c1ccc(OCC(O)CN2CCN(c3ccccc3Cl)CC2)c(OC)c1. The minimum absolute atomic E-state index is 0.0621. The Hall–Kier alpha value is -3.73. The number of aliphatic hydroxyl groups excluding tert-OH is 1. The molecule has 0 saturated carbocycles. The predicted molar refractivity (Wildman–Crippen MR) is 160 cm³/mol. The first-order chi connectivity index (χ1) is 20.2. The van der Waals surface area contributed by atoms with E-state index in [1.807, 2.05) is 24.3 Å². The number of piperazine rings is 1. The number of rotatable bonds is 10. The van der Waals surface area contributed by atoms with Gasteiger partial charge in [0.15, 0.2) is 11.5 Å². The van der Waals surface area contributed by atoms with Crippen molar-refractivity contribution in [2.45, 2.75) is 25.9 Å². The third-order valence-corrected chi connectivity index (χ3v) is 7.88. The molecule has 2 heterocycles. The average Bonchev–Trinajstić information content (AvgIpc) is 2.99. The van der Waals surface area contributed by atoms with Gasteiger partial charge in [0, 0.05) is 44.1 Å². The van der Waals surface area contributed by atoms with Gasteiger partial charge in [-0.3, -0.25) is 4.90 Å². The van der Waals surface area contributed by atoms with Crippen molar-refractivity contribution < 1.29 is 33.6 Å². The first-order valence-corrected chi connectivity index (χ1v) is 14.1. The number of ether oxygens (including phenoxy) is 4. The molecule has 2 aliphatic rings. The summed E-state index contributed by atoms with van der Waals surface area (Å²) >= 11 is 6.35. The Kier molecular flexibility index (Phi) is 10.4. The zero-order chi connectivity index (χ0) is 30.4. The zero-order valence-corrected chi connectivity index (χ0v) is 25.4. The number of hydrogen-bond donors (Lipinski definition) is 2. The van der Waals surface area contributed by atoms with Gasteiger partial charge in [0.1, 0.15) is 12.7 Å². The van der Waals surface area contributed by atoms with Crippen molar-refractivity contribution in [2.24, 2.45) is 0 Å². The highest BCUT2D eigenvalue weighted by molar-refractivity contribution is 6.33. The first kappa shape index (κ1) is 31.2. The summed E-state index contributed by atoms with van der Waals surface area (Å²) in [4.78, 5) is 30.1. The second-order valence-electron chi connectivity index (χ2n) is 10.2. The number of dihydropyridines is 1. The van der Waals surface area contributed by atoms with E-state index in [0.717, 1.165) is 36.9 Å². The fraction of sp³-hybridized carbons (Fsp3) is 0.419. The lowest BCUT2D eigenvalue weighted by molar-refractivity contribution is -0.137. The van der Waals surface area contributed by atoms with Crippen LogP contribution in [0.3, 0.4) is 0 Å². The van der Waals surface area contributed by atoms with Crippen LogP contribution in [0.2, 0.25) is 5.02 Å². The van der Waals surface area contributed by atoms with Gasteiger partial charge in [-0.1, -0.05) is 29.8 Å². The molecule has 1 saturated heterocycles. The lowest BCUT2D eigenvalue weighted by Gasteiger charge is -2.37. The van der Waals surface area contributed by atoms with Crippen LogP contribution in [0.1, 0.15) is 25.3 Å². The Morgan fingerprint density at radius 3 is 2.14 bits per heavy atom. The zero-order valence-electron chi connectivity index (χ0n) is 24.6. The maximum absolute atomic E-state index is 12.8. The molecular weight excluding hydrogens is 562 g/mol. The van der Waals surface area contributed by atoms with E-state index in [9.17, 15) is 14.7 Å². The van der Waals surface area contributed by atoms with E-state index >= 15 is 0 Å². The standard InChI is InChI=1S/C31H38ClN3O7/c1-19-27(30(37)40-4)29(28(20(2)33-19)31(38)41-5)21-10-11-25(26(16-21)39-3)42-18-22(36)17-34-12-14-35(15-13-34)24-9-7-6-8-23(24)32/h6-11,16,22,29,33,36H,12-15,17-18H2,1-5H3. The van der Waals surface area contributed by atoms with Crippen LogP contribution < -0.4 is 19.7 Å². The molecule has 0 amide bonds. The lowest BCUT2D eigenvalue weighted by Crippen LogP contribution is -2.49. The Labute approximate surface area is 251 Å². The fourth-order valence-electron chi connectivity index (χ4n) is 5.49. The molecule has 0 aromatic heterocycles. The molecule has 1 atom stereocenters. The van der Waals surface area contributed by atoms with Crippen LogP contribution in [0.4, 0.5) is 5.69 Å². The molecule has 2 aromatic rings. The van der Waals surface area contributed by atoms with E-state index in [2.05, 4.69) is 15.1 Å². The van der Waals surface area contributed by atoms with Crippen molar-refractivity contribution in [3.63, 3.8) is 0 Å². The van der Waals surface area contributed by atoms with E-state index in [0.29, 0.717) is 46.1 Å². The molecule has 11 heteroatoms. The van der Waals surface area contributed by atoms with Crippen molar-refractivity contribution in [3.05, 3.63) is 75.6 Å². The van der Waals surface area contributed by atoms with E-state index < -0.39 is 24.0 Å². The summed E-state index contributed by atoms with van der Waals surface area (Å²) < 4.78 is 21.7. The smallest absolute Gasteiger partial charge is 0.336 e. The van der Waals surface area contributed by atoms with Gasteiger partial charge in [0.05, 0.1) is 49.1 Å². The molecule has 2 aromatic carbocycles. The Bertz CT molecular complexity index is 1330. The Balaban J connectivity index is 1.44. The summed E-state index contributed by atoms with van der Waals surface area (Å²) in [7, 11) is 4.10. The van der Waals surface area contributed by atoms with E-state index in [1.54, 1.807) is 32.0 Å². The molecule has 4 rings (SSSR count). The van der Waals surface area contributed by atoms with Gasteiger partial charge >= 0.3 is 11.9 Å². The van der Waals surface area contributed by atoms with Crippen molar-refractivity contribution in [1.82, 2.24) is 10.2 Å². The monoisotopic (exact) mass is 599 g/mol. The summed E-state index contributed by atoms with van der Waals surface area (Å²) in [5, 5.41) is 14.6. The van der Waals surface area contributed by atoms with Crippen LogP contribution in [-0.2, 0) is 19.1 Å². The van der Waals surface area contributed by atoms with Crippen LogP contribution in [0, 0.1) is 0 Å². The predicted octanol–water partition coefficient (Wildman–Crippen LogP) is 3.49. The van der Waals surface area contributed by atoms with Gasteiger partial charge in [0.25, 0.3) is 0 Å². The number of carbonyl (C=O) groups is 2. The molecule has 0 spiro atoms. The molecule has 42 heavy (non-hydrogen) atoms. The normalized spacial score (nSPS) is 17.1. The lowest BCUT2D eigenvalue weighted by atomic mass is 9.80. The highest BCUT2D eigenvalue weighted by atomic mass is 35.5. The van der Waals surface area contributed by atoms with Crippen molar-refractivity contribution >= 4 is 29.2 Å². The van der Waals surface area contributed by atoms with Gasteiger partial charge in [0.2, 0.25) is 0 Å². The highest BCUT2D eigenvalue weighted by Gasteiger charge is 2.38. The Morgan fingerprint density at radius 2 is 1.57 bits per heavy atom. The summed E-state index contributed by atoms with van der Waals surface area (Å²) in [5.41, 5.74) is 3.39. The van der Waals surface area contributed by atoms with Gasteiger partial charge in [-0.15, -0.1) is 0 Å². The number of anilines is 1. The number of hydrogen-bond acceptors (Lipinski definition) is 10. The number of methoxy groups -OCH3 is 3. The molecule has 0 radical (unpaired) electrons. The Morgan fingerprint density at radius 1 is 0.952 bits per heavy atom. The van der Waals surface area contributed by atoms with Gasteiger partial charge in [-0.25, -0.2) is 9.59 Å². The molecule has 1 fully saturated rings. The molecule has 0 aliphatic carbocycles. The summed E-state index contributed by atoms with van der Waals surface area (Å²) in [5.74, 6) is -1.04. The number of allylic oxidation sites excluding steroid dienone is 2. The second-order valence-corrected chi connectivity index (χ2v) is 10.6. The number of benzene rings is 2. The van der Waals surface area contributed by atoms with Crippen LogP contribution in [0.5, 0.6) is 11.5 Å². The highest BCUT2D eigenvalue weighted by Crippen LogP contribution is 2.42. The minimum atomic E-state index is -0.746. The number of nitrogens with one attached hydrogen (secondary N) is 1. The molecule has 1 unspecified atom stereocenters. The van der Waals surface area contributed by atoms with Crippen molar-refractivity contribution in [2.75, 3.05) is 65.6 Å². The average molecular weight is 600 g/mol. The maximum atomic E-state index is 12.8.